The minimum atomic E-state index is -2.97. The summed E-state index contributed by atoms with van der Waals surface area (Å²) in [6, 6.07) is 1.98. The first-order valence-corrected chi connectivity index (χ1v) is 8.26. The summed E-state index contributed by atoms with van der Waals surface area (Å²) in [6.07, 6.45) is 1.23. The number of anilines is 1. The average Bonchev–Trinajstić information content (AvgIpc) is 2.24. The highest BCUT2D eigenvalue weighted by atomic mass is 35.5. The van der Waals surface area contributed by atoms with Crippen LogP contribution in [0.15, 0.2) is 6.07 Å². The number of aromatic nitrogens is 1. The van der Waals surface area contributed by atoms with Gasteiger partial charge < -0.3 is 4.90 Å². The Morgan fingerprint density at radius 3 is 2.50 bits per heavy atom. The molecule has 18 heavy (non-hydrogen) atoms. The molecule has 0 atom stereocenters. The van der Waals surface area contributed by atoms with Gasteiger partial charge in [0.1, 0.15) is 15.7 Å². The molecule has 102 valence electrons. The van der Waals surface area contributed by atoms with E-state index in [1.807, 2.05) is 31.9 Å². The highest BCUT2D eigenvalue weighted by Crippen LogP contribution is 2.23. The summed E-state index contributed by atoms with van der Waals surface area (Å²) in [5.74, 6) is 1.25. The number of pyridine rings is 1. The van der Waals surface area contributed by atoms with Crippen molar-refractivity contribution in [1.29, 1.82) is 0 Å². The molecule has 0 fully saturated rings. The fraction of sp³-hybridized carbons (Fsp3) is 0.583. The van der Waals surface area contributed by atoms with E-state index < -0.39 is 9.84 Å². The summed E-state index contributed by atoms with van der Waals surface area (Å²) in [6.45, 7) is 4.32. The van der Waals surface area contributed by atoms with Gasteiger partial charge in [0.15, 0.2) is 0 Å². The molecule has 6 heteroatoms. The van der Waals surface area contributed by atoms with Crippen LogP contribution >= 0.6 is 11.6 Å². The Balaban J connectivity index is 3.01. The summed E-state index contributed by atoms with van der Waals surface area (Å²) >= 11 is 5.94. The van der Waals surface area contributed by atoms with Crippen LogP contribution in [0.1, 0.15) is 16.8 Å². The van der Waals surface area contributed by atoms with Gasteiger partial charge in [0.2, 0.25) is 0 Å². The Morgan fingerprint density at radius 2 is 2.00 bits per heavy atom. The minimum absolute atomic E-state index is 0.111. The van der Waals surface area contributed by atoms with Crippen molar-refractivity contribution in [3.8, 4) is 0 Å². The first-order valence-electron chi connectivity index (χ1n) is 5.66. The van der Waals surface area contributed by atoms with Gasteiger partial charge in [-0.3, -0.25) is 0 Å². The maximum absolute atomic E-state index is 11.2. The number of sulfone groups is 1. The van der Waals surface area contributed by atoms with E-state index in [4.69, 9.17) is 11.6 Å². The Kier molecular flexibility index (Phi) is 4.99. The maximum Gasteiger partial charge on any atom is 0.149 e. The highest BCUT2D eigenvalue weighted by Gasteiger charge is 2.13. The predicted octanol–water partition coefficient (Wildman–Crippen LogP) is 1.92. The molecule has 1 heterocycles. The van der Waals surface area contributed by atoms with Crippen molar-refractivity contribution < 1.29 is 8.42 Å². The zero-order valence-electron chi connectivity index (χ0n) is 11.2. The molecular formula is C12H19ClN2O2S. The van der Waals surface area contributed by atoms with Crippen LogP contribution in [0.5, 0.6) is 0 Å². The van der Waals surface area contributed by atoms with Gasteiger partial charge in [0, 0.05) is 31.1 Å². The quantitative estimate of drug-likeness (QED) is 0.778. The van der Waals surface area contributed by atoms with Crippen LogP contribution in [-0.4, -0.2) is 39.0 Å². The highest BCUT2D eigenvalue weighted by molar-refractivity contribution is 7.90. The first kappa shape index (κ1) is 15.2. The fourth-order valence-electron chi connectivity index (χ4n) is 1.73. The number of alkyl halides is 1. The number of rotatable bonds is 5. The molecular weight excluding hydrogens is 272 g/mol. The molecule has 0 saturated heterocycles. The average molecular weight is 291 g/mol. The smallest absolute Gasteiger partial charge is 0.149 e. The molecule has 0 radical (unpaired) electrons. The van der Waals surface area contributed by atoms with Gasteiger partial charge in [-0.2, -0.15) is 0 Å². The summed E-state index contributed by atoms with van der Waals surface area (Å²) in [5.41, 5.74) is 2.94. The van der Waals surface area contributed by atoms with Gasteiger partial charge in [-0.15, -0.1) is 11.6 Å². The van der Waals surface area contributed by atoms with Crippen molar-refractivity contribution in [3.63, 3.8) is 0 Å². The standard InChI is InChI=1S/C12H19ClN2O2S/c1-9-7-10(2)14-12(11(9)8-13)15(3)5-6-18(4,16)17/h7H,5-6,8H2,1-4H3. The van der Waals surface area contributed by atoms with E-state index in [0.717, 1.165) is 22.6 Å². The van der Waals surface area contributed by atoms with Crippen LogP contribution in [0.3, 0.4) is 0 Å². The zero-order valence-corrected chi connectivity index (χ0v) is 12.8. The summed E-state index contributed by atoms with van der Waals surface area (Å²) in [4.78, 5) is 6.30. The van der Waals surface area contributed by atoms with Crippen molar-refractivity contribution in [2.75, 3.05) is 30.5 Å². The molecule has 1 aromatic rings. The minimum Gasteiger partial charge on any atom is -0.358 e. The molecule has 1 rings (SSSR count). The molecule has 0 saturated carbocycles. The molecule has 0 N–H and O–H groups in total. The third kappa shape index (κ3) is 4.14. The van der Waals surface area contributed by atoms with E-state index in [0.29, 0.717) is 12.4 Å². The third-order valence-corrected chi connectivity index (χ3v) is 3.94. The molecule has 0 aliphatic carbocycles. The van der Waals surface area contributed by atoms with Crippen LogP contribution in [0, 0.1) is 13.8 Å². The predicted molar refractivity (Wildman–Crippen MR) is 76.2 cm³/mol. The molecule has 4 nitrogen and oxygen atoms in total. The molecule has 0 aromatic carbocycles. The number of aryl methyl sites for hydroxylation is 2. The van der Waals surface area contributed by atoms with Gasteiger partial charge in [-0.05, 0) is 25.5 Å². The van der Waals surface area contributed by atoms with Crippen molar-refractivity contribution in [3.05, 3.63) is 22.9 Å². The Labute approximate surface area is 114 Å². The number of hydrogen-bond acceptors (Lipinski definition) is 4. The topological polar surface area (TPSA) is 50.3 Å². The van der Waals surface area contributed by atoms with E-state index in [1.165, 1.54) is 6.26 Å². The van der Waals surface area contributed by atoms with E-state index in [2.05, 4.69) is 4.98 Å². The van der Waals surface area contributed by atoms with Crippen molar-refractivity contribution in [2.45, 2.75) is 19.7 Å². The summed E-state index contributed by atoms with van der Waals surface area (Å²) in [7, 11) is -1.13. The van der Waals surface area contributed by atoms with E-state index in [1.54, 1.807) is 0 Å². The lowest BCUT2D eigenvalue weighted by atomic mass is 10.1. The Bertz CT molecular complexity index is 529. The lowest BCUT2D eigenvalue weighted by Gasteiger charge is -2.22. The summed E-state index contributed by atoms with van der Waals surface area (Å²) < 4.78 is 22.4. The zero-order chi connectivity index (χ0) is 13.9. The van der Waals surface area contributed by atoms with Crippen molar-refractivity contribution >= 4 is 27.3 Å². The van der Waals surface area contributed by atoms with Gasteiger partial charge in [-0.25, -0.2) is 13.4 Å². The van der Waals surface area contributed by atoms with Crippen LogP contribution in [0.2, 0.25) is 0 Å². The SMILES string of the molecule is Cc1cc(C)c(CCl)c(N(C)CCS(C)(=O)=O)n1. The first-order chi connectivity index (χ1) is 8.24. The van der Waals surface area contributed by atoms with Crippen LogP contribution in [0.4, 0.5) is 5.82 Å². The number of nitrogens with zero attached hydrogens (tertiary/aromatic N) is 2. The third-order valence-electron chi connectivity index (χ3n) is 2.75. The van der Waals surface area contributed by atoms with Gasteiger partial charge in [0.05, 0.1) is 11.6 Å². The lowest BCUT2D eigenvalue weighted by molar-refractivity contribution is 0.601. The Morgan fingerprint density at radius 1 is 1.39 bits per heavy atom. The second-order valence-corrected chi connectivity index (χ2v) is 7.09. The van der Waals surface area contributed by atoms with Crippen LogP contribution < -0.4 is 4.90 Å². The molecule has 1 aromatic heterocycles. The van der Waals surface area contributed by atoms with Crippen molar-refractivity contribution in [1.82, 2.24) is 4.98 Å². The summed E-state index contributed by atoms with van der Waals surface area (Å²) in [5, 5.41) is 0. The second-order valence-electron chi connectivity index (χ2n) is 4.57. The molecule has 0 spiro atoms. The van der Waals surface area contributed by atoms with Gasteiger partial charge in [0.25, 0.3) is 0 Å². The van der Waals surface area contributed by atoms with E-state index in [9.17, 15) is 8.42 Å². The van der Waals surface area contributed by atoms with Gasteiger partial charge >= 0.3 is 0 Å². The van der Waals surface area contributed by atoms with Crippen LogP contribution in [-0.2, 0) is 15.7 Å². The number of hydrogen-bond donors (Lipinski definition) is 0. The monoisotopic (exact) mass is 290 g/mol. The van der Waals surface area contributed by atoms with Crippen molar-refractivity contribution in [2.24, 2.45) is 0 Å². The van der Waals surface area contributed by atoms with Gasteiger partial charge in [-0.1, -0.05) is 0 Å². The lowest BCUT2D eigenvalue weighted by Crippen LogP contribution is -2.27. The molecule has 0 bridgehead atoms. The van der Waals surface area contributed by atoms with E-state index in [-0.39, 0.29) is 5.75 Å². The molecule has 0 aliphatic rings. The largest absolute Gasteiger partial charge is 0.358 e. The fourth-order valence-corrected chi connectivity index (χ4v) is 2.67. The second kappa shape index (κ2) is 5.89. The molecule has 0 aliphatic heterocycles. The number of halogens is 1. The van der Waals surface area contributed by atoms with E-state index >= 15 is 0 Å². The maximum atomic E-state index is 11.2. The van der Waals surface area contributed by atoms with Crippen LogP contribution in [0.25, 0.3) is 0 Å². The molecule has 0 unspecified atom stereocenters. The normalized spacial score (nSPS) is 11.6. The molecule has 0 amide bonds. The Hall–Kier alpha value is -0.810.